The first kappa shape index (κ1) is 21.2. The largest absolute Gasteiger partial charge is 0.271 e. The van der Waals surface area contributed by atoms with Gasteiger partial charge in [-0.2, -0.15) is 5.10 Å². The molecule has 0 unspecified atom stereocenters. The quantitative estimate of drug-likeness (QED) is 0.542. The van der Waals surface area contributed by atoms with E-state index in [0.717, 1.165) is 16.1 Å². The maximum absolute atomic E-state index is 12.2. The minimum atomic E-state index is -3.66. The van der Waals surface area contributed by atoms with Gasteiger partial charge in [-0.15, -0.1) is 0 Å². The number of carbonyl (C=O) groups excluding carboxylic acids is 1. The molecule has 0 bridgehead atoms. The van der Waals surface area contributed by atoms with Gasteiger partial charge in [-0.3, -0.25) is 9.10 Å². The summed E-state index contributed by atoms with van der Waals surface area (Å²) in [5.41, 5.74) is 4.05. The number of anilines is 1. The van der Waals surface area contributed by atoms with Gasteiger partial charge in [0.1, 0.15) is 6.54 Å². The number of hydrazone groups is 1. The summed E-state index contributed by atoms with van der Waals surface area (Å²) < 4.78 is 25.4. The molecule has 0 radical (unpaired) electrons. The van der Waals surface area contributed by atoms with E-state index in [2.05, 4.69) is 10.5 Å². The molecule has 9 heteroatoms. The molecule has 0 atom stereocenters. The summed E-state index contributed by atoms with van der Waals surface area (Å²) >= 11 is 12.1. The molecule has 0 aliphatic heterocycles. The van der Waals surface area contributed by atoms with Gasteiger partial charge in [-0.1, -0.05) is 54.4 Å². The van der Waals surface area contributed by atoms with E-state index in [0.29, 0.717) is 27.7 Å². The standard InChI is InChI=1S/C18H19Cl2N3O3S/c1-3-13-7-4-5-10-17(13)23(27(2,25)26)12-18(24)22-21-11-14-15(19)8-6-9-16(14)20/h4-11H,3,12H2,1-2H3,(H,22,24)/b21-11-. The number of para-hydroxylation sites is 1. The summed E-state index contributed by atoms with van der Waals surface area (Å²) in [6.07, 6.45) is 3.00. The molecule has 0 heterocycles. The van der Waals surface area contributed by atoms with Crippen molar-refractivity contribution in [2.75, 3.05) is 17.1 Å². The number of carbonyl (C=O) groups is 1. The topological polar surface area (TPSA) is 78.8 Å². The second kappa shape index (κ2) is 9.21. The number of nitrogens with zero attached hydrogens (tertiary/aromatic N) is 2. The fourth-order valence-corrected chi connectivity index (χ4v) is 3.79. The Labute approximate surface area is 168 Å². The van der Waals surface area contributed by atoms with Crippen LogP contribution in [0, 0.1) is 0 Å². The van der Waals surface area contributed by atoms with Crippen molar-refractivity contribution in [3.63, 3.8) is 0 Å². The zero-order chi connectivity index (χ0) is 20.0. The summed E-state index contributed by atoms with van der Waals surface area (Å²) in [5, 5.41) is 4.59. The zero-order valence-electron chi connectivity index (χ0n) is 14.8. The van der Waals surface area contributed by atoms with Crippen LogP contribution in [0.25, 0.3) is 0 Å². The normalized spacial score (nSPS) is 11.6. The van der Waals surface area contributed by atoms with Crippen molar-refractivity contribution < 1.29 is 13.2 Å². The van der Waals surface area contributed by atoms with E-state index in [9.17, 15) is 13.2 Å². The van der Waals surface area contributed by atoms with Gasteiger partial charge in [0.15, 0.2) is 0 Å². The lowest BCUT2D eigenvalue weighted by Crippen LogP contribution is -2.39. The van der Waals surface area contributed by atoms with Crippen molar-refractivity contribution in [2.24, 2.45) is 5.10 Å². The van der Waals surface area contributed by atoms with Gasteiger partial charge in [0, 0.05) is 5.56 Å². The molecule has 0 saturated carbocycles. The third-order valence-electron chi connectivity index (χ3n) is 3.71. The fourth-order valence-electron chi connectivity index (χ4n) is 2.40. The molecule has 27 heavy (non-hydrogen) atoms. The molecule has 0 spiro atoms. The molecule has 0 fully saturated rings. The van der Waals surface area contributed by atoms with Gasteiger partial charge in [0.05, 0.1) is 28.2 Å². The minimum absolute atomic E-state index is 0.384. The molecule has 2 aromatic carbocycles. The Balaban J connectivity index is 2.17. The number of hydrogen-bond acceptors (Lipinski definition) is 4. The highest BCUT2D eigenvalue weighted by atomic mass is 35.5. The molecule has 1 amide bonds. The lowest BCUT2D eigenvalue weighted by Gasteiger charge is -2.23. The fraction of sp³-hybridized carbons (Fsp3) is 0.222. The van der Waals surface area contributed by atoms with Gasteiger partial charge >= 0.3 is 0 Å². The van der Waals surface area contributed by atoms with Gasteiger partial charge in [-0.05, 0) is 30.2 Å². The summed E-state index contributed by atoms with van der Waals surface area (Å²) in [7, 11) is -3.66. The highest BCUT2D eigenvalue weighted by molar-refractivity contribution is 7.92. The van der Waals surface area contributed by atoms with Crippen molar-refractivity contribution in [3.8, 4) is 0 Å². The van der Waals surface area contributed by atoms with Crippen LogP contribution in [-0.4, -0.2) is 33.3 Å². The third-order valence-corrected chi connectivity index (χ3v) is 5.50. The van der Waals surface area contributed by atoms with Gasteiger partial charge in [0.25, 0.3) is 5.91 Å². The highest BCUT2D eigenvalue weighted by Crippen LogP contribution is 2.23. The molecule has 0 aromatic heterocycles. The first-order chi connectivity index (χ1) is 12.7. The minimum Gasteiger partial charge on any atom is -0.271 e. The number of rotatable bonds is 7. The molecule has 0 aliphatic rings. The highest BCUT2D eigenvalue weighted by Gasteiger charge is 2.22. The van der Waals surface area contributed by atoms with Crippen LogP contribution in [0.5, 0.6) is 0 Å². The molecule has 2 aromatic rings. The molecule has 0 aliphatic carbocycles. The second-order valence-corrected chi connectivity index (χ2v) is 8.40. The van der Waals surface area contributed by atoms with E-state index in [-0.39, 0.29) is 0 Å². The van der Waals surface area contributed by atoms with E-state index in [1.165, 1.54) is 6.21 Å². The van der Waals surface area contributed by atoms with E-state index in [1.54, 1.807) is 30.3 Å². The van der Waals surface area contributed by atoms with Crippen LogP contribution in [0.2, 0.25) is 10.0 Å². The van der Waals surface area contributed by atoms with Crippen LogP contribution in [0.4, 0.5) is 5.69 Å². The lowest BCUT2D eigenvalue weighted by atomic mass is 10.1. The Morgan fingerprint density at radius 1 is 1.15 bits per heavy atom. The number of benzene rings is 2. The molecule has 0 saturated heterocycles. The average Bonchev–Trinajstić information content (AvgIpc) is 2.61. The summed E-state index contributed by atoms with van der Waals surface area (Å²) in [6, 6.07) is 12.0. The Bertz CT molecular complexity index is 942. The lowest BCUT2D eigenvalue weighted by molar-refractivity contribution is -0.119. The van der Waals surface area contributed by atoms with Gasteiger partial charge < -0.3 is 0 Å². The number of aryl methyl sites for hydroxylation is 1. The van der Waals surface area contributed by atoms with Crippen molar-refractivity contribution >= 4 is 51.0 Å². The molecular weight excluding hydrogens is 409 g/mol. The smallest absolute Gasteiger partial charge is 0.260 e. The number of hydrogen-bond donors (Lipinski definition) is 1. The molecule has 144 valence electrons. The van der Waals surface area contributed by atoms with Gasteiger partial charge in [-0.25, -0.2) is 13.8 Å². The predicted molar refractivity (Wildman–Crippen MR) is 110 cm³/mol. The van der Waals surface area contributed by atoms with Crippen molar-refractivity contribution in [2.45, 2.75) is 13.3 Å². The molecule has 1 N–H and O–H groups in total. The van der Waals surface area contributed by atoms with E-state index >= 15 is 0 Å². The summed E-state index contributed by atoms with van der Waals surface area (Å²) in [5.74, 6) is -0.592. The van der Waals surface area contributed by atoms with Crippen LogP contribution in [0.15, 0.2) is 47.6 Å². The number of halogens is 2. The third kappa shape index (κ3) is 5.69. The molecule has 6 nitrogen and oxygen atoms in total. The van der Waals surface area contributed by atoms with Gasteiger partial charge in [0.2, 0.25) is 10.0 Å². The van der Waals surface area contributed by atoms with E-state index in [1.807, 2.05) is 19.1 Å². The summed E-state index contributed by atoms with van der Waals surface area (Å²) in [4.78, 5) is 12.2. The molecule has 2 rings (SSSR count). The summed E-state index contributed by atoms with van der Waals surface area (Å²) in [6.45, 7) is 1.51. The van der Waals surface area contributed by atoms with Crippen LogP contribution in [0.1, 0.15) is 18.1 Å². The first-order valence-corrected chi connectivity index (χ1v) is 10.7. The first-order valence-electron chi connectivity index (χ1n) is 8.05. The van der Waals surface area contributed by atoms with E-state index < -0.39 is 22.5 Å². The number of nitrogens with one attached hydrogen (secondary N) is 1. The predicted octanol–water partition coefficient (Wildman–Crippen LogP) is 3.47. The SMILES string of the molecule is CCc1ccccc1N(CC(=O)N/N=C\c1c(Cl)cccc1Cl)S(C)(=O)=O. The van der Waals surface area contributed by atoms with Crippen molar-refractivity contribution in [3.05, 3.63) is 63.6 Å². The second-order valence-electron chi connectivity index (χ2n) is 5.68. The maximum Gasteiger partial charge on any atom is 0.260 e. The zero-order valence-corrected chi connectivity index (χ0v) is 17.1. The van der Waals surface area contributed by atoms with Crippen LogP contribution in [0.3, 0.4) is 0 Å². The number of amides is 1. The number of sulfonamides is 1. The van der Waals surface area contributed by atoms with Crippen LogP contribution < -0.4 is 9.73 Å². The van der Waals surface area contributed by atoms with Crippen LogP contribution in [-0.2, 0) is 21.2 Å². The Morgan fingerprint density at radius 3 is 2.37 bits per heavy atom. The maximum atomic E-state index is 12.2. The van der Waals surface area contributed by atoms with Crippen molar-refractivity contribution in [1.29, 1.82) is 0 Å². The Morgan fingerprint density at radius 2 is 1.78 bits per heavy atom. The van der Waals surface area contributed by atoms with Crippen molar-refractivity contribution in [1.82, 2.24) is 5.43 Å². The molecular formula is C18H19Cl2N3O3S. The van der Waals surface area contributed by atoms with E-state index in [4.69, 9.17) is 23.2 Å². The monoisotopic (exact) mass is 427 g/mol. The Hall–Kier alpha value is -2.09. The average molecular weight is 428 g/mol. The Kier molecular flexibility index (Phi) is 7.24. The van der Waals surface area contributed by atoms with Crippen LogP contribution >= 0.6 is 23.2 Å².